The molecule has 23 nitrogen and oxygen atoms in total. The summed E-state index contributed by atoms with van der Waals surface area (Å²) in [6.07, 6.45) is 8.83. The number of ether oxygens (including phenoxy) is 1. The highest BCUT2D eigenvalue weighted by atomic mass is 32.2. The minimum absolute atomic E-state index is 0.0321. The molecule has 3 heterocycles. The Hall–Kier alpha value is -2.11. The van der Waals surface area contributed by atoms with E-state index in [-0.39, 0.29) is 35.9 Å². The van der Waals surface area contributed by atoms with Crippen LogP contribution in [-0.4, -0.2) is 123 Å². The molecule has 62 heavy (non-hydrogen) atoms. The zero-order valence-corrected chi connectivity index (χ0v) is 38.9. The van der Waals surface area contributed by atoms with Gasteiger partial charge in [-0.15, -0.1) is 0 Å². The van der Waals surface area contributed by atoms with Crippen LogP contribution in [0.1, 0.15) is 110 Å². The number of phosphoric acid groups is 3. The maximum atomic E-state index is 12.7. The zero-order chi connectivity index (χ0) is 46.0. The normalized spacial score (nSPS) is 20.8. The maximum Gasteiger partial charge on any atom is 0.481 e. The van der Waals surface area contributed by atoms with Crippen molar-refractivity contribution in [1.29, 1.82) is 0 Å². The Morgan fingerprint density at radius 3 is 2.15 bits per heavy atom. The molecule has 0 bridgehead atoms. The van der Waals surface area contributed by atoms with E-state index in [9.17, 15) is 53.1 Å². The molecule has 0 aromatic carbocycles. The van der Waals surface area contributed by atoms with E-state index in [1.807, 2.05) is 0 Å². The lowest BCUT2D eigenvalue weighted by atomic mass is 9.87. The number of rotatable bonds is 32. The van der Waals surface area contributed by atoms with Crippen LogP contribution in [0.15, 0.2) is 12.7 Å². The fraction of sp³-hybridized carbons (Fsp3) is 0.800. The Morgan fingerprint density at radius 1 is 0.903 bits per heavy atom. The number of nitrogens with one attached hydrogen (secondary N) is 2. The first kappa shape index (κ1) is 54.2. The van der Waals surface area contributed by atoms with Gasteiger partial charge in [-0.2, -0.15) is 16.1 Å². The number of carbonyl (C=O) groups is 2. The summed E-state index contributed by atoms with van der Waals surface area (Å²) < 4.78 is 62.4. The van der Waals surface area contributed by atoms with Gasteiger partial charge in [0.2, 0.25) is 11.8 Å². The van der Waals surface area contributed by atoms with E-state index in [1.165, 1.54) is 84.5 Å². The highest BCUT2D eigenvalue weighted by molar-refractivity contribution is 7.99. The Morgan fingerprint density at radius 2 is 1.52 bits per heavy atom. The van der Waals surface area contributed by atoms with E-state index in [1.54, 1.807) is 11.8 Å². The fourth-order valence-electron chi connectivity index (χ4n) is 6.35. The summed E-state index contributed by atoms with van der Waals surface area (Å²) in [4.78, 5) is 76.0. The summed E-state index contributed by atoms with van der Waals surface area (Å²) in [5, 5.41) is 26.7. The summed E-state index contributed by atoms with van der Waals surface area (Å²) in [6.45, 7) is 3.21. The first-order valence-corrected chi connectivity index (χ1v) is 26.3. The number of phosphoric ester groups is 3. The number of aliphatic hydroxyl groups excluding tert-OH is 2. The molecule has 3 unspecified atom stereocenters. The molecule has 0 radical (unpaired) electrons. The molecule has 10 N–H and O–H groups in total. The van der Waals surface area contributed by atoms with Gasteiger partial charge >= 0.3 is 23.5 Å². The van der Waals surface area contributed by atoms with Crippen molar-refractivity contribution in [3.63, 3.8) is 0 Å². The van der Waals surface area contributed by atoms with Crippen molar-refractivity contribution >= 4 is 64.0 Å². The van der Waals surface area contributed by atoms with Gasteiger partial charge in [-0.1, -0.05) is 91.4 Å². The monoisotopic (exact) mass is 963 g/mol. The number of amides is 2. The SMILES string of the molecule is CCCCCCCCCCCCCCSCCNC(=O)CCNC(=O)[C@H](O)C(C)(C)COP(=O)(O)OP(=O)(O)OC[C@H]1O[C@@H](n2cnc3c(N)ncnc32)[C@@H](O)C1OP(=O)(O)O. The quantitative estimate of drug-likeness (QED) is 0.0371. The number of hydrogen-bond donors (Lipinski definition) is 9. The molecule has 2 aromatic rings. The minimum Gasteiger partial charge on any atom is -0.386 e. The highest BCUT2D eigenvalue weighted by Crippen LogP contribution is 2.61. The molecule has 0 spiro atoms. The molecule has 0 saturated carbocycles. The summed E-state index contributed by atoms with van der Waals surface area (Å²) in [7, 11) is -16.3. The predicted molar refractivity (Wildman–Crippen MR) is 228 cm³/mol. The second-order valence-corrected chi connectivity index (χ2v) is 21.0. The van der Waals surface area contributed by atoms with Crippen LogP contribution in [0.25, 0.3) is 11.2 Å². The lowest BCUT2D eigenvalue weighted by Gasteiger charge is -2.30. The van der Waals surface area contributed by atoms with Gasteiger partial charge in [-0.05, 0) is 12.2 Å². The molecule has 27 heteroatoms. The topological polar surface area (TPSA) is 347 Å². The molecular weight excluding hydrogens is 899 g/mol. The van der Waals surface area contributed by atoms with E-state index in [2.05, 4.69) is 41.3 Å². The molecule has 1 aliphatic rings. The number of unbranched alkanes of at least 4 members (excludes halogenated alkanes) is 11. The van der Waals surface area contributed by atoms with E-state index < -0.39 is 78.6 Å². The van der Waals surface area contributed by atoms with Crippen molar-refractivity contribution in [3.05, 3.63) is 12.7 Å². The first-order valence-electron chi connectivity index (χ1n) is 20.6. The highest BCUT2D eigenvalue weighted by Gasteiger charge is 2.50. The van der Waals surface area contributed by atoms with Gasteiger partial charge in [0.25, 0.3) is 0 Å². The van der Waals surface area contributed by atoms with Gasteiger partial charge in [-0.25, -0.2) is 28.6 Å². The van der Waals surface area contributed by atoms with E-state index in [0.29, 0.717) is 6.54 Å². The number of aliphatic hydroxyl groups is 2. The van der Waals surface area contributed by atoms with Crippen LogP contribution in [-0.2, 0) is 45.9 Å². The fourth-order valence-corrected chi connectivity index (χ4v) is 10.0. The number of imidazole rings is 1. The molecule has 356 valence electrons. The van der Waals surface area contributed by atoms with Gasteiger partial charge in [0.05, 0.1) is 19.5 Å². The number of fused-ring (bicyclic) bond motifs is 1. The number of nitrogens with two attached hydrogens (primary N) is 1. The number of carbonyl (C=O) groups excluding carboxylic acids is 2. The van der Waals surface area contributed by atoms with Crippen molar-refractivity contribution in [2.75, 3.05) is 43.5 Å². The number of hydrogen-bond acceptors (Lipinski definition) is 17. The number of nitrogen functional groups attached to an aromatic ring is 1. The number of nitrogens with zero attached hydrogens (tertiary/aromatic N) is 4. The molecule has 2 aromatic heterocycles. The smallest absolute Gasteiger partial charge is 0.386 e. The summed E-state index contributed by atoms with van der Waals surface area (Å²) >= 11 is 1.77. The van der Waals surface area contributed by atoms with Crippen LogP contribution < -0.4 is 16.4 Å². The molecule has 1 fully saturated rings. The third-order valence-electron chi connectivity index (χ3n) is 9.79. The number of aromatic nitrogens is 4. The van der Waals surface area contributed by atoms with Crippen LogP contribution in [0, 0.1) is 5.41 Å². The molecule has 3 rings (SSSR count). The Bertz CT molecular complexity index is 1840. The molecule has 7 atom stereocenters. The second-order valence-electron chi connectivity index (χ2n) is 15.6. The lowest BCUT2D eigenvalue weighted by Crippen LogP contribution is -2.46. The van der Waals surface area contributed by atoms with Gasteiger partial charge in [0, 0.05) is 30.7 Å². The van der Waals surface area contributed by atoms with E-state index in [0.717, 1.165) is 35.1 Å². The maximum absolute atomic E-state index is 12.7. The molecule has 2 amide bonds. The van der Waals surface area contributed by atoms with Gasteiger partial charge in [0.15, 0.2) is 17.7 Å². The van der Waals surface area contributed by atoms with Crippen LogP contribution >= 0.6 is 35.2 Å². The summed E-state index contributed by atoms with van der Waals surface area (Å²) in [5.74, 6) is 0.531. The van der Waals surface area contributed by atoms with Crippen LogP contribution in [0.5, 0.6) is 0 Å². The van der Waals surface area contributed by atoms with Crippen molar-refractivity contribution in [2.24, 2.45) is 5.41 Å². The van der Waals surface area contributed by atoms with Crippen LogP contribution in [0.2, 0.25) is 0 Å². The van der Waals surface area contributed by atoms with Gasteiger partial charge in [0.1, 0.15) is 36.3 Å². The third-order valence-corrected chi connectivity index (χ3v) is 14.0. The first-order chi connectivity index (χ1) is 29.2. The van der Waals surface area contributed by atoms with Crippen molar-refractivity contribution in [3.8, 4) is 0 Å². The van der Waals surface area contributed by atoms with Crippen molar-refractivity contribution < 1.29 is 75.7 Å². The molecule has 1 saturated heterocycles. The van der Waals surface area contributed by atoms with Crippen LogP contribution in [0.3, 0.4) is 0 Å². The number of anilines is 1. The van der Waals surface area contributed by atoms with Crippen molar-refractivity contribution in [1.82, 2.24) is 30.2 Å². The largest absolute Gasteiger partial charge is 0.481 e. The predicted octanol–water partition coefficient (Wildman–Crippen LogP) is 3.84. The molecular formula is C35H64N7O16P3S. The second kappa shape index (κ2) is 26.1. The average Bonchev–Trinajstić information content (AvgIpc) is 3.75. The van der Waals surface area contributed by atoms with Crippen molar-refractivity contribution in [2.45, 2.75) is 135 Å². The average molecular weight is 964 g/mol. The Balaban J connectivity index is 1.34. The lowest BCUT2D eigenvalue weighted by molar-refractivity contribution is -0.137. The summed E-state index contributed by atoms with van der Waals surface area (Å²) in [6, 6.07) is 0. The van der Waals surface area contributed by atoms with E-state index >= 15 is 0 Å². The standard InChI is InChI=1S/C35H64N7O16P3S/c1-4-5-6-7-8-9-10-11-12-13-14-15-19-62-20-18-37-26(43)16-17-38-33(46)30(45)35(2,3)22-55-61(52,53)58-60(50,51)54-21-25-29(57-59(47,48)49)28(44)34(56-25)42-24-41-27-31(36)39-23-40-32(27)42/h23-25,28-30,34,44-45H,4-22H2,1-3H3,(H,37,43)(H,38,46)(H,50,51)(H,52,53)(H2,36,39,40)(H2,47,48,49)/t25-,28+,29?,30+,34-/m1/s1. The minimum atomic E-state index is -5.55. The van der Waals surface area contributed by atoms with E-state index in [4.69, 9.17) is 19.5 Å². The third kappa shape index (κ3) is 19.2. The van der Waals surface area contributed by atoms with Gasteiger partial charge in [-0.3, -0.25) is 27.7 Å². The van der Waals surface area contributed by atoms with Gasteiger partial charge < -0.3 is 50.9 Å². The zero-order valence-electron chi connectivity index (χ0n) is 35.4. The van der Waals surface area contributed by atoms with Crippen LogP contribution in [0.4, 0.5) is 5.82 Å². The Kier molecular flexibility index (Phi) is 22.9. The Labute approximate surface area is 365 Å². The molecule has 1 aliphatic heterocycles. The molecule has 0 aliphatic carbocycles. The summed E-state index contributed by atoms with van der Waals surface area (Å²) in [5.41, 5.74) is 4.34. The number of thioether (sulfide) groups is 1.